The summed E-state index contributed by atoms with van der Waals surface area (Å²) in [5.41, 5.74) is 5.91. The van der Waals surface area contributed by atoms with Crippen molar-refractivity contribution in [1.82, 2.24) is 9.88 Å². The minimum atomic E-state index is -0.557. The van der Waals surface area contributed by atoms with Gasteiger partial charge in [0.15, 0.2) is 0 Å². The number of para-hydroxylation sites is 1. The molecule has 3 heterocycles. The van der Waals surface area contributed by atoms with Crippen LogP contribution < -0.4 is 4.90 Å². The Labute approximate surface area is 202 Å². The van der Waals surface area contributed by atoms with E-state index in [-0.39, 0.29) is 18.0 Å². The fourth-order valence-corrected chi connectivity index (χ4v) is 5.89. The lowest BCUT2D eigenvalue weighted by Crippen LogP contribution is -2.44. The number of carbonyl (C=O) groups is 2. The highest BCUT2D eigenvalue weighted by atomic mass is 16.2. The third-order valence-corrected chi connectivity index (χ3v) is 7.41. The van der Waals surface area contributed by atoms with Crippen LogP contribution in [0.4, 0.5) is 10.5 Å². The number of benzene rings is 4. The lowest BCUT2D eigenvalue weighted by molar-refractivity contribution is -0.120. The first-order valence-electron chi connectivity index (χ1n) is 11.9. The number of imide groups is 1. The molecule has 0 saturated carbocycles. The van der Waals surface area contributed by atoms with Gasteiger partial charge in [0.1, 0.15) is 12.1 Å². The summed E-state index contributed by atoms with van der Waals surface area (Å²) in [6.45, 7) is 2.05. The first kappa shape index (κ1) is 20.0. The highest BCUT2D eigenvalue weighted by Gasteiger charge is 2.53. The Morgan fingerprint density at radius 3 is 2.43 bits per heavy atom. The summed E-state index contributed by atoms with van der Waals surface area (Å²) in [7, 11) is 0. The summed E-state index contributed by atoms with van der Waals surface area (Å²) >= 11 is 0. The zero-order valence-corrected chi connectivity index (χ0v) is 19.2. The van der Waals surface area contributed by atoms with E-state index in [4.69, 9.17) is 0 Å². The van der Waals surface area contributed by atoms with E-state index in [1.54, 1.807) is 4.90 Å². The Morgan fingerprint density at radius 2 is 1.57 bits per heavy atom. The SMILES string of the molecule is Cc1cccc([C@@H]2c3[nH]c4ccccc4c3C[C@H]3C(=O)N(c4cccc5ccccc45)C(=O)N23)c1. The van der Waals surface area contributed by atoms with Gasteiger partial charge in [0.2, 0.25) is 0 Å². The topological polar surface area (TPSA) is 56.4 Å². The highest BCUT2D eigenvalue weighted by molar-refractivity contribution is 6.24. The van der Waals surface area contributed by atoms with Crippen LogP contribution in [0.15, 0.2) is 91.0 Å². The second kappa shape index (κ2) is 7.31. The molecule has 1 aromatic heterocycles. The van der Waals surface area contributed by atoms with Gasteiger partial charge in [-0.1, -0.05) is 84.4 Å². The summed E-state index contributed by atoms with van der Waals surface area (Å²) in [5.74, 6) is -0.167. The molecule has 5 heteroatoms. The number of urea groups is 1. The van der Waals surface area contributed by atoms with E-state index in [9.17, 15) is 9.59 Å². The fraction of sp³-hybridized carbons (Fsp3) is 0.133. The van der Waals surface area contributed by atoms with Crippen molar-refractivity contribution >= 4 is 39.3 Å². The largest absolute Gasteiger partial charge is 0.356 e. The Bertz CT molecular complexity index is 1660. The number of carbonyl (C=O) groups excluding carboxylic acids is 2. The van der Waals surface area contributed by atoms with Gasteiger partial charge in [-0.15, -0.1) is 0 Å². The van der Waals surface area contributed by atoms with Gasteiger partial charge in [0, 0.05) is 28.4 Å². The number of hydrogen-bond acceptors (Lipinski definition) is 2. The average Bonchev–Trinajstić information content (AvgIpc) is 3.37. The number of aryl methyl sites for hydroxylation is 1. The summed E-state index contributed by atoms with van der Waals surface area (Å²) in [4.78, 5) is 34.8. The molecule has 1 fully saturated rings. The molecule has 35 heavy (non-hydrogen) atoms. The molecular weight excluding hydrogens is 434 g/mol. The van der Waals surface area contributed by atoms with E-state index in [1.807, 2.05) is 66.7 Å². The van der Waals surface area contributed by atoms with Gasteiger partial charge in [-0.3, -0.25) is 9.69 Å². The van der Waals surface area contributed by atoms with Crippen molar-refractivity contribution in [3.05, 3.63) is 113 Å². The Kier molecular flexibility index (Phi) is 4.18. The molecule has 4 aromatic carbocycles. The fourth-order valence-electron chi connectivity index (χ4n) is 5.89. The summed E-state index contributed by atoms with van der Waals surface area (Å²) in [6.07, 6.45) is 0.494. The molecule has 3 amide bonds. The lowest BCUT2D eigenvalue weighted by Gasteiger charge is -2.36. The summed E-state index contributed by atoms with van der Waals surface area (Å²) in [6, 6.07) is 28.9. The maximum absolute atomic E-state index is 14.1. The third kappa shape index (κ3) is 2.81. The van der Waals surface area contributed by atoms with Gasteiger partial charge >= 0.3 is 6.03 Å². The molecule has 0 radical (unpaired) electrons. The van der Waals surface area contributed by atoms with Crippen LogP contribution in [0.2, 0.25) is 0 Å². The molecular formula is C30H23N3O2. The Balaban J connectivity index is 1.44. The van der Waals surface area contributed by atoms with Crippen molar-refractivity contribution in [2.45, 2.75) is 25.4 Å². The van der Waals surface area contributed by atoms with Gasteiger partial charge < -0.3 is 4.98 Å². The monoisotopic (exact) mass is 457 g/mol. The number of H-pyrrole nitrogens is 1. The van der Waals surface area contributed by atoms with Crippen molar-refractivity contribution in [1.29, 1.82) is 0 Å². The Morgan fingerprint density at radius 1 is 0.829 bits per heavy atom. The number of aromatic nitrogens is 1. The lowest BCUT2D eigenvalue weighted by atomic mass is 9.88. The van der Waals surface area contributed by atoms with E-state index in [2.05, 4.69) is 36.2 Å². The Hall–Kier alpha value is -4.38. The number of aromatic amines is 1. The van der Waals surface area contributed by atoms with Gasteiger partial charge in [0.05, 0.1) is 5.69 Å². The molecule has 170 valence electrons. The number of rotatable bonds is 2. The molecule has 0 aliphatic carbocycles. The second-order valence-corrected chi connectivity index (χ2v) is 9.46. The molecule has 0 unspecified atom stereocenters. The van der Waals surface area contributed by atoms with Crippen LogP contribution >= 0.6 is 0 Å². The van der Waals surface area contributed by atoms with Gasteiger partial charge in [0.25, 0.3) is 5.91 Å². The number of anilines is 1. The quantitative estimate of drug-likeness (QED) is 0.325. The van der Waals surface area contributed by atoms with E-state index in [0.717, 1.165) is 44.1 Å². The number of nitrogens with zero attached hydrogens (tertiary/aromatic N) is 2. The summed E-state index contributed by atoms with van der Waals surface area (Å²) in [5, 5.41) is 3.01. The van der Waals surface area contributed by atoms with E-state index in [1.165, 1.54) is 4.90 Å². The van der Waals surface area contributed by atoms with Crippen molar-refractivity contribution in [2.75, 3.05) is 4.90 Å². The second-order valence-electron chi connectivity index (χ2n) is 9.46. The molecule has 1 saturated heterocycles. The molecule has 0 bridgehead atoms. The number of fused-ring (bicyclic) bond motifs is 5. The van der Waals surface area contributed by atoms with Crippen LogP contribution in [0, 0.1) is 6.92 Å². The van der Waals surface area contributed by atoms with Crippen LogP contribution in [0.3, 0.4) is 0 Å². The smallest absolute Gasteiger partial charge is 0.332 e. The molecule has 5 nitrogen and oxygen atoms in total. The predicted octanol–water partition coefficient (Wildman–Crippen LogP) is 6.11. The van der Waals surface area contributed by atoms with Gasteiger partial charge in [-0.05, 0) is 35.6 Å². The number of amides is 3. The van der Waals surface area contributed by atoms with Crippen molar-refractivity contribution in [2.24, 2.45) is 0 Å². The third-order valence-electron chi connectivity index (χ3n) is 7.41. The molecule has 0 spiro atoms. The predicted molar refractivity (Wildman–Crippen MR) is 137 cm³/mol. The van der Waals surface area contributed by atoms with Crippen LogP contribution in [0.5, 0.6) is 0 Å². The van der Waals surface area contributed by atoms with Crippen molar-refractivity contribution in [3.63, 3.8) is 0 Å². The molecule has 5 aromatic rings. The van der Waals surface area contributed by atoms with Gasteiger partial charge in [-0.25, -0.2) is 9.69 Å². The van der Waals surface area contributed by atoms with Crippen LogP contribution in [0.1, 0.15) is 28.4 Å². The first-order chi connectivity index (χ1) is 17.1. The van der Waals surface area contributed by atoms with Gasteiger partial charge in [-0.2, -0.15) is 0 Å². The average molecular weight is 458 g/mol. The maximum Gasteiger partial charge on any atom is 0.332 e. The maximum atomic E-state index is 14.1. The standard InChI is InChI=1S/C30H23N3O2/c1-18-8-6-11-20(16-18)28-27-23(22-13-4-5-14-24(22)31-27)17-26-29(34)33(30(35)32(26)28)25-15-7-10-19-9-2-3-12-21(19)25/h2-16,26,28,31H,17H2,1H3/t26-,28+/m0/s1. The van der Waals surface area contributed by atoms with Crippen LogP contribution in [0.25, 0.3) is 21.7 Å². The van der Waals surface area contributed by atoms with E-state index in [0.29, 0.717) is 12.1 Å². The summed E-state index contributed by atoms with van der Waals surface area (Å²) < 4.78 is 0. The molecule has 2 aliphatic heterocycles. The molecule has 1 N–H and O–H groups in total. The minimum absolute atomic E-state index is 0.167. The van der Waals surface area contributed by atoms with Crippen LogP contribution in [-0.4, -0.2) is 27.9 Å². The minimum Gasteiger partial charge on any atom is -0.356 e. The number of hydrogen-bond donors (Lipinski definition) is 1. The van der Waals surface area contributed by atoms with E-state index >= 15 is 0 Å². The van der Waals surface area contributed by atoms with Crippen molar-refractivity contribution < 1.29 is 9.59 Å². The molecule has 2 atom stereocenters. The molecule has 2 aliphatic rings. The number of nitrogens with one attached hydrogen (secondary N) is 1. The highest BCUT2D eigenvalue weighted by Crippen LogP contribution is 2.45. The zero-order valence-electron chi connectivity index (χ0n) is 19.2. The van der Waals surface area contributed by atoms with E-state index < -0.39 is 6.04 Å². The van der Waals surface area contributed by atoms with Crippen LogP contribution in [-0.2, 0) is 11.2 Å². The first-order valence-corrected chi connectivity index (χ1v) is 11.9. The normalized spacial score (nSPS) is 19.5. The van der Waals surface area contributed by atoms with Crippen molar-refractivity contribution in [3.8, 4) is 0 Å². The molecule has 7 rings (SSSR count). The zero-order chi connectivity index (χ0) is 23.7.